The van der Waals surface area contributed by atoms with Crippen molar-refractivity contribution in [2.75, 3.05) is 26.7 Å². The number of nitrogens with zero attached hydrogens (tertiary/aromatic N) is 2. The highest BCUT2D eigenvalue weighted by Crippen LogP contribution is 2.15. The van der Waals surface area contributed by atoms with Gasteiger partial charge in [-0.15, -0.1) is 0 Å². The molecule has 0 aliphatic carbocycles. The lowest BCUT2D eigenvalue weighted by Crippen LogP contribution is -2.54. The summed E-state index contributed by atoms with van der Waals surface area (Å²) in [5, 5.41) is 0. The topological polar surface area (TPSA) is 75.9 Å². The third-order valence-corrected chi connectivity index (χ3v) is 5.16. The van der Waals surface area contributed by atoms with E-state index in [4.69, 9.17) is 22.7 Å². The molecule has 0 aromatic carbocycles. The van der Waals surface area contributed by atoms with Gasteiger partial charge in [-0.3, -0.25) is 0 Å². The molecule has 1 fully saturated rings. The molecule has 0 bridgehead atoms. The van der Waals surface area contributed by atoms with Crippen molar-refractivity contribution >= 4 is 27.4 Å². The Labute approximate surface area is 108 Å². The van der Waals surface area contributed by atoms with Gasteiger partial charge in [0, 0.05) is 26.2 Å². The summed E-state index contributed by atoms with van der Waals surface area (Å²) in [6.07, 6.45) is -0.492. The Morgan fingerprint density at radius 1 is 1.59 bits per heavy atom. The molecule has 1 atom stereocenters. The number of nitrogens with two attached hydrogens (primary N) is 1. The van der Waals surface area contributed by atoms with E-state index in [2.05, 4.69) is 0 Å². The number of morpholine rings is 1. The Balaban J connectivity index is 2.82. The molecular formula is C9H19N3O3S2. The minimum atomic E-state index is -3.46. The van der Waals surface area contributed by atoms with Crippen molar-refractivity contribution in [1.29, 1.82) is 0 Å². The van der Waals surface area contributed by atoms with Crippen LogP contribution in [0.4, 0.5) is 0 Å². The summed E-state index contributed by atoms with van der Waals surface area (Å²) in [7, 11) is -1.90. The molecule has 2 N–H and O–H groups in total. The van der Waals surface area contributed by atoms with Crippen LogP contribution in [0.5, 0.6) is 0 Å². The van der Waals surface area contributed by atoms with Crippen molar-refractivity contribution in [3.63, 3.8) is 0 Å². The SMILES string of the molecule is CC(C)N(C)S(=O)(=O)N1CCOC(C(N)=S)C1. The van der Waals surface area contributed by atoms with Crippen LogP contribution in [0.2, 0.25) is 0 Å². The Morgan fingerprint density at radius 3 is 2.65 bits per heavy atom. The normalized spacial score (nSPS) is 23.2. The van der Waals surface area contributed by atoms with Gasteiger partial charge in [0.05, 0.1) is 6.61 Å². The smallest absolute Gasteiger partial charge is 0.282 e. The number of hydrogen-bond donors (Lipinski definition) is 1. The molecule has 0 radical (unpaired) electrons. The van der Waals surface area contributed by atoms with Gasteiger partial charge in [-0.05, 0) is 13.8 Å². The molecule has 0 saturated carbocycles. The fourth-order valence-corrected chi connectivity index (χ4v) is 3.12. The molecule has 1 heterocycles. The average Bonchev–Trinajstić information content (AvgIpc) is 2.28. The maximum absolute atomic E-state index is 12.2. The molecule has 1 rings (SSSR count). The lowest BCUT2D eigenvalue weighted by Gasteiger charge is -2.35. The molecule has 8 heteroatoms. The summed E-state index contributed by atoms with van der Waals surface area (Å²) >= 11 is 4.83. The van der Waals surface area contributed by atoms with Crippen molar-refractivity contribution in [2.45, 2.75) is 26.0 Å². The third kappa shape index (κ3) is 3.35. The average molecular weight is 281 g/mol. The molecule has 1 aliphatic heterocycles. The molecule has 0 aromatic rings. The molecule has 100 valence electrons. The van der Waals surface area contributed by atoms with Gasteiger partial charge in [0.2, 0.25) is 0 Å². The van der Waals surface area contributed by atoms with Gasteiger partial charge in [-0.2, -0.15) is 17.0 Å². The van der Waals surface area contributed by atoms with Crippen LogP contribution in [0.3, 0.4) is 0 Å². The van der Waals surface area contributed by atoms with Gasteiger partial charge in [0.15, 0.2) is 0 Å². The fraction of sp³-hybridized carbons (Fsp3) is 0.889. The molecule has 0 aromatic heterocycles. The molecule has 17 heavy (non-hydrogen) atoms. The van der Waals surface area contributed by atoms with Crippen LogP contribution in [-0.4, -0.2) is 60.9 Å². The first-order valence-corrected chi connectivity index (χ1v) is 7.21. The summed E-state index contributed by atoms with van der Waals surface area (Å²) in [6.45, 7) is 4.48. The maximum Gasteiger partial charge on any atom is 0.282 e. The van der Waals surface area contributed by atoms with E-state index >= 15 is 0 Å². The van der Waals surface area contributed by atoms with Crippen LogP contribution in [0.25, 0.3) is 0 Å². The van der Waals surface area contributed by atoms with Crippen molar-refractivity contribution in [3.05, 3.63) is 0 Å². The molecule has 0 spiro atoms. The van der Waals surface area contributed by atoms with Gasteiger partial charge in [-0.1, -0.05) is 12.2 Å². The van der Waals surface area contributed by atoms with Gasteiger partial charge < -0.3 is 10.5 Å². The number of thiocarbonyl (C=S) groups is 1. The first kappa shape index (κ1) is 14.8. The second kappa shape index (κ2) is 5.57. The van der Waals surface area contributed by atoms with Crippen LogP contribution in [0, 0.1) is 0 Å². The zero-order valence-corrected chi connectivity index (χ0v) is 11.9. The van der Waals surface area contributed by atoms with E-state index < -0.39 is 16.3 Å². The van der Waals surface area contributed by atoms with Crippen LogP contribution in [-0.2, 0) is 14.9 Å². The molecule has 1 saturated heterocycles. The van der Waals surface area contributed by atoms with E-state index in [1.165, 1.54) is 8.61 Å². The van der Waals surface area contributed by atoms with E-state index in [-0.39, 0.29) is 17.6 Å². The monoisotopic (exact) mass is 281 g/mol. The van der Waals surface area contributed by atoms with Gasteiger partial charge in [0.25, 0.3) is 10.2 Å². The summed E-state index contributed by atoms with van der Waals surface area (Å²) in [4.78, 5) is 0.192. The fourth-order valence-electron chi connectivity index (χ4n) is 1.46. The highest BCUT2D eigenvalue weighted by Gasteiger charge is 2.34. The minimum absolute atomic E-state index is 0.0916. The van der Waals surface area contributed by atoms with Crippen LogP contribution in [0.15, 0.2) is 0 Å². The van der Waals surface area contributed by atoms with E-state index in [9.17, 15) is 8.42 Å². The van der Waals surface area contributed by atoms with Crippen LogP contribution >= 0.6 is 12.2 Å². The third-order valence-electron chi connectivity index (χ3n) is 2.76. The molecular weight excluding hydrogens is 262 g/mol. The van der Waals surface area contributed by atoms with E-state index in [0.29, 0.717) is 13.2 Å². The lowest BCUT2D eigenvalue weighted by molar-refractivity contribution is 0.0363. The van der Waals surface area contributed by atoms with Crippen molar-refractivity contribution in [1.82, 2.24) is 8.61 Å². The Morgan fingerprint density at radius 2 is 2.18 bits per heavy atom. The second-order valence-corrected chi connectivity index (χ2v) is 6.70. The van der Waals surface area contributed by atoms with E-state index in [1.54, 1.807) is 7.05 Å². The predicted molar refractivity (Wildman–Crippen MR) is 69.9 cm³/mol. The number of hydrogen-bond acceptors (Lipinski definition) is 4. The quantitative estimate of drug-likeness (QED) is 0.707. The van der Waals surface area contributed by atoms with Gasteiger partial charge >= 0.3 is 0 Å². The van der Waals surface area contributed by atoms with Crippen molar-refractivity contribution < 1.29 is 13.2 Å². The Bertz CT molecular complexity index is 383. The molecule has 1 unspecified atom stereocenters. The van der Waals surface area contributed by atoms with Crippen molar-refractivity contribution in [3.8, 4) is 0 Å². The highest BCUT2D eigenvalue weighted by molar-refractivity contribution is 7.86. The lowest BCUT2D eigenvalue weighted by atomic mass is 10.3. The van der Waals surface area contributed by atoms with Crippen molar-refractivity contribution in [2.24, 2.45) is 5.73 Å². The standard InChI is InChI=1S/C9H19N3O3S2/c1-7(2)11(3)17(13,14)12-4-5-15-8(6-12)9(10)16/h7-8H,4-6H2,1-3H3,(H2,10,16). The molecule has 1 aliphatic rings. The first-order valence-electron chi connectivity index (χ1n) is 5.41. The summed E-state index contributed by atoms with van der Waals surface area (Å²) in [6, 6.07) is -0.0916. The summed E-state index contributed by atoms with van der Waals surface area (Å²) in [5.74, 6) is 0. The van der Waals surface area contributed by atoms with E-state index in [0.717, 1.165) is 0 Å². The highest BCUT2D eigenvalue weighted by atomic mass is 32.2. The zero-order valence-electron chi connectivity index (χ0n) is 10.3. The maximum atomic E-state index is 12.2. The predicted octanol–water partition coefficient (Wildman–Crippen LogP) is -0.442. The van der Waals surface area contributed by atoms with E-state index in [1.807, 2.05) is 13.8 Å². The number of ether oxygens (including phenoxy) is 1. The molecule has 0 amide bonds. The largest absolute Gasteiger partial charge is 0.391 e. The van der Waals surface area contributed by atoms with Crippen LogP contribution in [0.1, 0.15) is 13.8 Å². The zero-order chi connectivity index (χ0) is 13.2. The van der Waals surface area contributed by atoms with Gasteiger partial charge in [-0.25, -0.2) is 0 Å². The summed E-state index contributed by atoms with van der Waals surface area (Å²) in [5.41, 5.74) is 5.48. The molecule has 6 nitrogen and oxygen atoms in total. The Kier molecular flexibility index (Phi) is 4.85. The first-order chi connectivity index (χ1) is 7.76. The number of rotatable bonds is 4. The summed E-state index contributed by atoms with van der Waals surface area (Å²) < 4.78 is 32.4. The second-order valence-electron chi connectivity index (χ2n) is 4.24. The van der Waals surface area contributed by atoms with Crippen LogP contribution < -0.4 is 5.73 Å². The Hall–Kier alpha value is -0.280. The van der Waals surface area contributed by atoms with Gasteiger partial charge in [0.1, 0.15) is 11.1 Å². The minimum Gasteiger partial charge on any atom is -0.391 e.